The fourth-order valence-electron chi connectivity index (χ4n) is 4.25. The van der Waals surface area contributed by atoms with Crippen LogP contribution in [-0.2, 0) is 38.2 Å². The van der Waals surface area contributed by atoms with E-state index in [0.717, 1.165) is 48.6 Å². The summed E-state index contributed by atoms with van der Waals surface area (Å²) in [6.45, 7) is 0. The number of aliphatic hydroxyl groups is 2. The third-order valence-electron chi connectivity index (χ3n) is 6.51. The zero-order chi connectivity index (χ0) is 33.5. The number of hydrogen-bond acceptors (Lipinski definition) is 14. The second-order valence-electron chi connectivity index (χ2n) is 9.85. The van der Waals surface area contributed by atoms with Gasteiger partial charge in [0.2, 0.25) is 5.60 Å². The minimum atomic E-state index is -2.60. The number of phenols is 4. The number of aliphatic carboxylic acids is 2. The smallest absolute Gasteiger partial charge is 0.348 e. The van der Waals surface area contributed by atoms with Gasteiger partial charge in [0.25, 0.3) is 0 Å². The quantitative estimate of drug-likeness (QED) is 0.0721. The molecule has 0 bridgehead atoms. The number of carbonyl (C=O) groups excluding carboxylic acids is 3. The highest BCUT2D eigenvalue weighted by Gasteiger charge is 2.56. The van der Waals surface area contributed by atoms with Gasteiger partial charge in [-0.05, 0) is 47.5 Å². The van der Waals surface area contributed by atoms with Gasteiger partial charge in [0.15, 0.2) is 29.1 Å². The molecule has 1 aliphatic carbocycles. The molecular formula is C29H28O16. The molecule has 0 spiro atoms. The Morgan fingerprint density at radius 1 is 0.778 bits per heavy atom. The Bertz CT molecular complexity index is 1530. The topological polar surface area (TPSA) is 275 Å². The molecule has 1 unspecified atom stereocenters. The molecule has 2 aromatic carbocycles. The highest BCUT2D eigenvalue weighted by Crippen LogP contribution is 2.37. The Balaban J connectivity index is 1.88. The van der Waals surface area contributed by atoms with Crippen molar-refractivity contribution in [3.63, 3.8) is 0 Å². The van der Waals surface area contributed by atoms with Crippen molar-refractivity contribution < 1.29 is 79.0 Å². The van der Waals surface area contributed by atoms with E-state index in [4.69, 9.17) is 19.3 Å². The monoisotopic (exact) mass is 632 g/mol. The normalized spacial score (nSPS) is 22.0. The number of carbonyl (C=O) groups is 5. The molecule has 0 aliphatic heterocycles. The van der Waals surface area contributed by atoms with Crippen LogP contribution in [0.5, 0.6) is 23.0 Å². The van der Waals surface area contributed by atoms with Gasteiger partial charge in [0.1, 0.15) is 18.3 Å². The van der Waals surface area contributed by atoms with Gasteiger partial charge in [0, 0.05) is 25.0 Å². The lowest BCUT2D eigenvalue weighted by molar-refractivity contribution is -0.215. The lowest BCUT2D eigenvalue weighted by Crippen LogP contribution is -2.60. The van der Waals surface area contributed by atoms with Crippen molar-refractivity contribution in [1.29, 1.82) is 0 Å². The van der Waals surface area contributed by atoms with Crippen molar-refractivity contribution in [2.75, 3.05) is 0 Å². The van der Waals surface area contributed by atoms with Crippen LogP contribution >= 0.6 is 0 Å². The van der Waals surface area contributed by atoms with Crippen molar-refractivity contribution in [3.8, 4) is 23.0 Å². The van der Waals surface area contributed by atoms with E-state index < -0.39 is 102 Å². The number of aromatic hydroxyl groups is 4. The fourth-order valence-corrected chi connectivity index (χ4v) is 4.25. The highest BCUT2D eigenvalue weighted by molar-refractivity contribution is 5.91. The van der Waals surface area contributed by atoms with E-state index in [-0.39, 0.29) is 11.1 Å². The predicted octanol–water partition coefficient (Wildman–Crippen LogP) is 0.416. The summed E-state index contributed by atoms with van der Waals surface area (Å²) < 4.78 is 15.4. The lowest BCUT2D eigenvalue weighted by Gasteiger charge is -2.42. The van der Waals surface area contributed by atoms with E-state index >= 15 is 0 Å². The Morgan fingerprint density at radius 3 is 1.73 bits per heavy atom. The molecule has 2 aromatic rings. The van der Waals surface area contributed by atoms with E-state index in [2.05, 4.69) is 0 Å². The Morgan fingerprint density at radius 2 is 1.27 bits per heavy atom. The van der Waals surface area contributed by atoms with Crippen LogP contribution in [0, 0.1) is 0 Å². The summed E-state index contributed by atoms with van der Waals surface area (Å²) in [6, 6.07) is 7.09. The first kappa shape index (κ1) is 33.9. The number of hydrogen-bond donors (Lipinski definition) is 8. The Kier molecular flexibility index (Phi) is 10.7. The highest BCUT2D eigenvalue weighted by atomic mass is 16.6. The van der Waals surface area contributed by atoms with Crippen LogP contribution in [0.3, 0.4) is 0 Å². The number of esters is 3. The molecule has 1 aliphatic rings. The van der Waals surface area contributed by atoms with Crippen molar-refractivity contribution in [2.24, 2.45) is 0 Å². The maximum absolute atomic E-state index is 12.7. The van der Waals surface area contributed by atoms with Crippen LogP contribution in [0.15, 0.2) is 48.6 Å². The minimum absolute atomic E-state index is 0.199. The van der Waals surface area contributed by atoms with Crippen LogP contribution in [0.2, 0.25) is 0 Å². The molecule has 3 rings (SSSR count). The summed E-state index contributed by atoms with van der Waals surface area (Å²) in [6.07, 6.45) is -6.85. The van der Waals surface area contributed by atoms with Crippen LogP contribution in [0.1, 0.15) is 30.4 Å². The minimum Gasteiger partial charge on any atom is -0.504 e. The average Bonchev–Trinajstić information content (AvgIpc) is 2.96. The van der Waals surface area contributed by atoms with Gasteiger partial charge >= 0.3 is 29.8 Å². The van der Waals surface area contributed by atoms with Crippen molar-refractivity contribution in [2.45, 2.75) is 49.3 Å². The standard InChI is InChI=1S/C29H28O16/c30-16-5-1-14(9-18(16)32)3-7-24(37)43-21-12-29(28(41)42,13-22(26(21)39)44-27(40)20(34)11-23(35)36)45-25(38)8-4-15-2-6-17(31)19(33)10-15/h1-10,20-22,26,30-34,39H,11-13H2,(H,35,36)(H,41,42)/b7-3+,8-4+/t20?,21-,22-,26-,29+/m1/s1. The van der Waals surface area contributed by atoms with Crippen LogP contribution in [0.25, 0.3) is 12.2 Å². The van der Waals surface area contributed by atoms with Gasteiger partial charge in [-0.25, -0.2) is 19.2 Å². The number of carboxylic acid groups (broad SMARTS) is 2. The molecule has 240 valence electrons. The van der Waals surface area contributed by atoms with E-state index in [1.807, 2.05) is 0 Å². The molecule has 0 aromatic heterocycles. The first-order chi connectivity index (χ1) is 21.1. The maximum Gasteiger partial charge on any atom is 0.348 e. The molecule has 0 amide bonds. The number of carboxylic acids is 2. The Hall–Kier alpha value is -5.61. The van der Waals surface area contributed by atoms with Gasteiger partial charge in [-0.2, -0.15) is 0 Å². The van der Waals surface area contributed by atoms with Crippen molar-refractivity contribution >= 4 is 42.0 Å². The second-order valence-corrected chi connectivity index (χ2v) is 9.85. The molecule has 16 nitrogen and oxygen atoms in total. The summed E-state index contributed by atoms with van der Waals surface area (Å²) in [5, 5.41) is 77.7. The van der Waals surface area contributed by atoms with Gasteiger partial charge < -0.3 is 55.1 Å². The van der Waals surface area contributed by atoms with E-state index in [1.54, 1.807) is 0 Å². The van der Waals surface area contributed by atoms with Gasteiger partial charge in [-0.3, -0.25) is 4.79 Å². The van der Waals surface area contributed by atoms with Crippen LogP contribution in [0.4, 0.5) is 0 Å². The van der Waals surface area contributed by atoms with Crippen LogP contribution < -0.4 is 0 Å². The molecular weight excluding hydrogens is 604 g/mol. The fraction of sp³-hybridized carbons (Fsp3) is 0.276. The summed E-state index contributed by atoms with van der Waals surface area (Å²) >= 11 is 0. The number of ether oxygens (including phenoxy) is 3. The molecule has 0 radical (unpaired) electrons. The predicted molar refractivity (Wildman–Crippen MR) is 147 cm³/mol. The number of aliphatic hydroxyl groups excluding tert-OH is 2. The number of benzene rings is 2. The SMILES string of the molecule is O=C(O)CC(O)C(=O)O[C@@H]1C[C@](OC(=O)/C=C/c2ccc(O)c(O)c2)(C(=O)O)C[C@@H](OC(=O)/C=C/c2ccc(O)c(O)c2)[C@H]1O. The first-order valence-corrected chi connectivity index (χ1v) is 13.0. The molecule has 0 heterocycles. The van der Waals surface area contributed by atoms with E-state index in [1.165, 1.54) is 12.1 Å². The largest absolute Gasteiger partial charge is 0.504 e. The van der Waals surface area contributed by atoms with E-state index in [9.17, 15) is 59.7 Å². The third kappa shape index (κ3) is 8.94. The van der Waals surface area contributed by atoms with Gasteiger partial charge in [-0.1, -0.05) is 12.1 Å². The zero-order valence-corrected chi connectivity index (χ0v) is 23.0. The number of phenolic OH excluding ortho intramolecular Hbond substituents is 4. The van der Waals surface area contributed by atoms with Crippen LogP contribution in [-0.4, -0.2) is 101 Å². The maximum atomic E-state index is 12.7. The summed E-state index contributed by atoms with van der Waals surface area (Å²) in [7, 11) is 0. The molecule has 1 saturated carbocycles. The van der Waals surface area contributed by atoms with Gasteiger partial charge in [-0.15, -0.1) is 0 Å². The van der Waals surface area contributed by atoms with Crippen molar-refractivity contribution in [1.82, 2.24) is 0 Å². The molecule has 0 saturated heterocycles. The molecule has 45 heavy (non-hydrogen) atoms. The second kappa shape index (κ2) is 14.2. The Labute approximate surface area is 253 Å². The average molecular weight is 633 g/mol. The van der Waals surface area contributed by atoms with E-state index in [0.29, 0.717) is 0 Å². The zero-order valence-electron chi connectivity index (χ0n) is 23.0. The first-order valence-electron chi connectivity index (χ1n) is 13.0. The molecule has 5 atom stereocenters. The van der Waals surface area contributed by atoms with Gasteiger partial charge in [0.05, 0.1) is 6.42 Å². The third-order valence-corrected chi connectivity index (χ3v) is 6.51. The summed E-state index contributed by atoms with van der Waals surface area (Å²) in [4.78, 5) is 61.0. The molecule has 1 fully saturated rings. The number of rotatable bonds is 11. The lowest BCUT2D eigenvalue weighted by atomic mass is 9.79. The molecule has 8 N–H and O–H groups in total. The summed E-state index contributed by atoms with van der Waals surface area (Å²) in [5.41, 5.74) is -2.17. The molecule has 16 heteroatoms. The summed E-state index contributed by atoms with van der Waals surface area (Å²) in [5.74, 6) is -9.24. The van der Waals surface area contributed by atoms with Crippen molar-refractivity contribution in [3.05, 3.63) is 59.7 Å².